The van der Waals surface area contributed by atoms with Gasteiger partial charge in [-0.25, -0.2) is 0 Å². The maximum absolute atomic E-state index is 2.40. The SMILES string of the molecule is C(SCc1ccccc1)=C1CCCCC1. The highest BCUT2D eigenvalue weighted by Crippen LogP contribution is 2.26. The van der Waals surface area contributed by atoms with Crippen molar-refractivity contribution >= 4 is 11.8 Å². The van der Waals surface area contributed by atoms with E-state index in [-0.39, 0.29) is 0 Å². The lowest BCUT2D eigenvalue weighted by molar-refractivity contribution is 0.600. The molecule has 0 saturated heterocycles. The topological polar surface area (TPSA) is 0 Å². The first-order chi connectivity index (χ1) is 7.45. The third-order valence-corrected chi connectivity index (χ3v) is 3.84. The second-order valence-electron chi connectivity index (χ2n) is 4.13. The molecular formula is C14H18S. The van der Waals surface area contributed by atoms with Crippen molar-refractivity contribution in [3.8, 4) is 0 Å². The first kappa shape index (κ1) is 10.8. The highest BCUT2D eigenvalue weighted by molar-refractivity contribution is 8.01. The minimum atomic E-state index is 1.12. The Hall–Kier alpha value is -0.690. The van der Waals surface area contributed by atoms with Crippen LogP contribution in [0.25, 0.3) is 0 Å². The number of benzene rings is 1. The monoisotopic (exact) mass is 218 g/mol. The second kappa shape index (κ2) is 6.02. The van der Waals surface area contributed by atoms with Gasteiger partial charge in [0.1, 0.15) is 0 Å². The molecule has 0 radical (unpaired) electrons. The summed E-state index contributed by atoms with van der Waals surface area (Å²) in [6.07, 6.45) is 6.90. The summed E-state index contributed by atoms with van der Waals surface area (Å²) in [4.78, 5) is 0. The number of rotatable bonds is 3. The fraction of sp³-hybridized carbons (Fsp3) is 0.429. The Morgan fingerprint density at radius 1 is 1.00 bits per heavy atom. The molecule has 0 N–H and O–H groups in total. The van der Waals surface area contributed by atoms with Gasteiger partial charge in [0.2, 0.25) is 0 Å². The first-order valence-electron chi connectivity index (χ1n) is 5.78. The third kappa shape index (κ3) is 3.75. The van der Waals surface area contributed by atoms with Gasteiger partial charge in [-0.05, 0) is 36.7 Å². The summed E-state index contributed by atoms with van der Waals surface area (Å²) in [5.41, 5.74) is 3.09. The Morgan fingerprint density at radius 2 is 1.73 bits per heavy atom. The van der Waals surface area contributed by atoms with Crippen LogP contribution in [0.2, 0.25) is 0 Å². The molecule has 1 aliphatic carbocycles. The zero-order chi connectivity index (χ0) is 10.3. The van der Waals surface area contributed by atoms with E-state index in [1.807, 2.05) is 11.8 Å². The molecule has 1 aliphatic rings. The van der Waals surface area contributed by atoms with Crippen LogP contribution >= 0.6 is 11.8 Å². The van der Waals surface area contributed by atoms with Crippen LogP contribution in [0.4, 0.5) is 0 Å². The molecule has 0 spiro atoms. The summed E-state index contributed by atoms with van der Waals surface area (Å²) in [6.45, 7) is 0. The largest absolute Gasteiger partial charge is 0.129 e. The van der Waals surface area contributed by atoms with E-state index in [1.54, 1.807) is 5.57 Å². The van der Waals surface area contributed by atoms with E-state index in [4.69, 9.17) is 0 Å². The molecule has 0 aromatic heterocycles. The lowest BCUT2D eigenvalue weighted by Crippen LogP contribution is -1.92. The molecule has 0 nitrogen and oxygen atoms in total. The Labute approximate surface area is 96.8 Å². The molecule has 0 aliphatic heterocycles. The molecule has 1 fully saturated rings. The Bertz CT molecular complexity index is 305. The summed E-state index contributed by atoms with van der Waals surface area (Å²) >= 11 is 1.95. The third-order valence-electron chi connectivity index (χ3n) is 2.84. The predicted octanol–water partition coefficient (Wildman–Crippen LogP) is 4.77. The number of allylic oxidation sites excluding steroid dienone is 1. The summed E-state index contributed by atoms with van der Waals surface area (Å²) < 4.78 is 0. The maximum Gasteiger partial charge on any atom is 0.0226 e. The van der Waals surface area contributed by atoms with Crippen molar-refractivity contribution in [2.24, 2.45) is 0 Å². The first-order valence-corrected chi connectivity index (χ1v) is 6.83. The lowest BCUT2D eigenvalue weighted by Gasteiger charge is -2.12. The molecule has 1 saturated carbocycles. The summed E-state index contributed by atoms with van der Waals surface area (Å²) in [5.74, 6) is 1.12. The molecule has 0 amide bonds. The van der Waals surface area contributed by atoms with E-state index >= 15 is 0 Å². The molecule has 0 heterocycles. The van der Waals surface area contributed by atoms with Gasteiger partial charge in [0.25, 0.3) is 0 Å². The van der Waals surface area contributed by atoms with Crippen molar-refractivity contribution in [1.29, 1.82) is 0 Å². The standard InChI is InChI=1S/C14H18S/c1-3-7-13(8-4-1)11-15-12-14-9-5-2-6-10-14/h1,3-4,7-8,12H,2,5-6,9-11H2. The van der Waals surface area contributed by atoms with Crippen molar-refractivity contribution < 1.29 is 0 Å². The Balaban J connectivity index is 1.78. The molecule has 15 heavy (non-hydrogen) atoms. The van der Waals surface area contributed by atoms with E-state index in [2.05, 4.69) is 35.7 Å². The minimum absolute atomic E-state index is 1.12. The van der Waals surface area contributed by atoms with Gasteiger partial charge in [-0.3, -0.25) is 0 Å². The molecule has 80 valence electrons. The minimum Gasteiger partial charge on any atom is -0.129 e. The van der Waals surface area contributed by atoms with E-state index in [0.29, 0.717) is 0 Å². The van der Waals surface area contributed by atoms with E-state index in [1.165, 1.54) is 37.7 Å². The zero-order valence-electron chi connectivity index (χ0n) is 9.11. The van der Waals surface area contributed by atoms with Crippen LogP contribution in [0.3, 0.4) is 0 Å². The summed E-state index contributed by atoms with van der Waals surface area (Å²) in [7, 11) is 0. The van der Waals surface area contributed by atoms with Gasteiger partial charge in [0, 0.05) is 5.75 Å². The number of thioether (sulfide) groups is 1. The summed E-state index contributed by atoms with van der Waals surface area (Å²) in [6, 6.07) is 10.7. The van der Waals surface area contributed by atoms with E-state index in [0.717, 1.165) is 5.75 Å². The molecule has 0 bridgehead atoms. The average molecular weight is 218 g/mol. The van der Waals surface area contributed by atoms with Gasteiger partial charge in [-0.2, -0.15) is 0 Å². The molecule has 0 atom stereocenters. The van der Waals surface area contributed by atoms with Gasteiger partial charge < -0.3 is 0 Å². The zero-order valence-corrected chi connectivity index (χ0v) is 9.93. The smallest absolute Gasteiger partial charge is 0.0226 e. The van der Waals surface area contributed by atoms with Crippen LogP contribution in [0.5, 0.6) is 0 Å². The number of hydrogen-bond acceptors (Lipinski definition) is 1. The van der Waals surface area contributed by atoms with E-state index < -0.39 is 0 Å². The molecule has 1 heteroatoms. The van der Waals surface area contributed by atoms with Crippen LogP contribution in [0.1, 0.15) is 37.7 Å². The fourth-order valence-corrected chi connectivity index (χ4v) is 2.89. The van der Waals surface area contributed by atoms with Gasteiger partial charge in [0.15, 0.2) is 0 Å². The predicted molar refractivity (Wildman–Crippen MR) is 68.9 cm³/mol. The summed E-state index contributed by atoms with van der Waals surface area (Å²) in [5, 5.41) is 2.40. The van der Waals surface area contributed by atoms with Gasteiger partial charge in [0.05, 0.1) is 0 Å². The van der Waals surface area contributed by atoms with Crippen LogP contribution in [-0.2, 0) is 5.75 Å². The van der Waals surface area contributed by atoms with E-state index in [9.17, 15) is 0 Å². The van der Waals surface area contributed by atoms with Crippen LogP contribution in [-0.4, -0.2) is 0 Å². The maximum atomic E-state index is 2.40. The highest BCUT2D eigenvalue weighted by Gasteiger charge is 2.04. The van der Waals surface area contributed by atoms with Crippen molar-refractivity contribution in [2.75, 3.05) is 0 Å². The Morgan fingerprint density at radius 3 is 2.47 bits per heavy atom. The molecule has 0 unspecified atom stereocenters. The Kier molecular flexibility index (Phi) is 4.34. The molecule has 1 aromatic carbocycles. The van der Waals surface area contributed by atoms with Crippen LogP contribution in [0.15, 0.2) is 41.3 Å². The van der Waals surface area contributed by atoms with Gasteiger partial charge in [-0.1, -0.05) is 42.3 Å². The average Bonchev–Trinajstić information content (AvgIpc) is 2.32. The molecule has 1 aromatic rings. The van der Waals surface area contributed by atoms with Crippen molar-refractivity contribution in [3.63, 3.8) is 0 Å². The molecular weight excluding hydrogens is 200 g/mol. The lowest BCUT2D eigenvalue weighted by atomic mass is 9.96. The van der Waals surface area contributed by atoms with Gasteiger partial charge >= 0.3 is 0 Å². The van der Waals surface area contributed by atoms with Crippen LogP contribution < -0.4 is 0 Å². The molecule has 2 rings (SSSR count). The fourth-order valence-electron chi connectivity index (χ4n) is 1.95. The van der Waals surface area contributed by atoms with Crippen molar-refractivity contribution in [2.45, 2.75) is 37.9 Å². The quantitative estimate of drug-likeness (QED) is 0.704. The van der Waals surface area contributed by atoms with Crippen LogP contribution in [0, 0.1) is 0 Å². The second-order valence-corrected chi connectivity index (χ2v) is 4.99. The highest BCUT2D eigenvalue weighted by atomic mass is 32.2. The normalized spacial score (nSPS) is 16.4. The number of hydrogen-bond donors (Lipinski definition) is 0. The van der Waals surface area contributed by atoms with Crippen molar-refractivity contribution in [3.05, 3.63) is 46.9 Å². The van der Waals surface area contributed by atoms with Gasteiger partial charge in [-0.15, -0.1) is 11.8 Å². The van der Waals surface area contributed by atoms with Crippen molar-refractivity contribution in [1.82, 2.24) is 0 Å².